The fourth-order valence-corrected chi connectivity index (χ4v) is 1.78. The molecular weight excluding hydrogens is 256 g/mol. The first kappa shape index (κ1) is 12.3. The largest absolute Gasteiger partial charge is 0.391 e. The number of nitrogens with two attached hydrogens (primary N) is 2. The van der Waals surface area contributed by atoms with E-state index < -0.39 is 11.2 Å². The molecule has 0 unspecified atom stereocenters. The molecule has 0 aliphatic heterocycles. The number of benzene rings is 1. The summed E-state index contributed by atoms with van der Waals surface area (Å²) >= 11 is 5.83. The van der Waals surface area contributed by atoms with Crippen molar-refractivity contribution in [3.63, 3.8) is 0 Å². The number of nitrogens with zero attached hydrogens (tertiary/aromatic N) is 1. The van der Waals surface area contributed by atoms with Crippen LogP contribution in [0.3, 0.4) is 0 Å². The van der Waals surface area contributed by atoms with Gasteiger partial charge in [-0.15, -0.1) is 0 Å². The van der Waals surface area contributed by atoms with E-state index in [2.05, 4.69) is 4.98 Å². The Balaban J connectivity index is 2.51. The van der Waals surface area contributed by atoms with Crippen molar-refractivity contribution in [2.75, 3.05) is 11.5 Å². The Morgan fingerprint density at radius 3 is 2.67 bits per heavy atom. The van der Waals surface area contributed by atoms with Crippen LogP contribution in [-0.4, -0.2) is 9.55 Å². The summed E-state index contributed by atoms with van der Waals surface area (Å²) < 4.78 is 0.970. The van der Waals surface area contributed by atoms with Crippen LogP contribution in [-0.2, 0) is 6.54 Å². The molecule has 6 nitrogen and oxygen atoms in total. The predicted molar refractivity (Wildman–Crippen MR) is 70.7 cm³/mol. The normalized spacial score (nSPS) is 10.5. The Hall–Kier alpha value is -2.21. The van der Waals surface area contributed by atoms with E-state index in [0.29, 0.717) is 5.02 Å². The maximum absolute atomic E-state index is 11.8. The van der Waals surface area contributed by atoms with Crippen LogP contribution in [0.15, 0.2) is 33.9 Å². The highest BCUT2D eigenvalue weighted by atomic mass is 35.5. The zero-order valence-electron chi connectivity index (χ0n) is 9.31. The molecule has 2 rings (SSSR count). The van der Waals surface area contributed by atoms with Crippen LogP contribution < -0.4 is 22.7 Å². The molecule has 0 aliphatic carbocycles. The van der Waals surface area contributed by atoms with Crippen molar-refractivity contribution in [2.45, 2.75) is 6.54 Å². The van der Waals surface area contributed by atoms with E-state index >= 15 is 0 Å². The minimum absolute atomic E-state index is 0.0825. The zero-order chi connectivity index (χ0) is 13.3. The Morgan fingerprint density at radius 2 is 2.00 bits per heavy atom. The summed E-state index contributed by atoms with van der Waals surface area (Å²) in [7, 11) is 0. The van der Waals surface area contributed by atoms with Crippen LogP contribution in [0.4, 0.5) is 11.5 Å². The second-order valence-electron chi connectivity index (χ2n) is 3.78. The molecule has 1 aromatic carbocycles. The van der Waals surface area contributed by atoms with Gasteiger partial charge in [0.25, 0.3) is 5.56 Å². The van der Waals surface area contributed by atoms with Crippen LogP contribution in [0.5, 0.6) is 0 Å². The zero-order valence-corrected chi connectivity index (χ0v) is 10.1. The number of rotatable bonds is 2. The second kappa shape index (κ2) is 4.58. The number of halogens is 1. The summed E-state index contributed by atoms with van der Waals surface area (Å²) in [4.78, 5) is 25.8. The first-order valence-corrected chi connectivity index (χ1v) is 5.49. The van der Waals surface area contributed by atoms with Gasteiger partial charge in [-0.2, -0.15) is 0 Å². The average Bonchev–Trinajstić information content (AvgIpc) is 2.32. The fourth-order valence-electron chi connectivity index (χ4n) is 1.56. The van der Waals surface area contributed by atoms with Gasteiger partial charge in [-0.25, -0.2) is 4.79 Å². The van der Waals surface area contributed by atoms with Crippen molar-refractivity contribution in [2.24, 2.45) is 0 Å². The molecule has 18 heavy (non-hydrogen) atoms. The molecule has 0 fully saturated rings. The van der Waals surface area contributed by atoms with Gasteiger partial charge in [0, 0.05) is 5.02 Å². The highest BCUT2D eigenvalue weighted by molar-refractivity contribution is 6.30. The number of aromatic nitrogens is 2. The molecule has 0 amide bonds. The van der Waals surface area contributed by atoms with Crippen LogP contribution in [0, 0.1) is 0 Å². The van der Waals surface area contributed by atoms with Crippen molar-refractivity contribution < 1.29 is 0 Å². The third kappa shape index (κ3) is 2.23. The molecule has 2 aromatic rings. The summed E-state index contributed by atoms with van der Waals surface area (Å²) in [5, 5.41) is 0.528. The third-order valence-electron chi connectivity index (χ3n) is 2.48. The Kier molecular flexibility index (Phi) is 3.12. The Morgan fingerprint density at radius 1 is 1.28 bits per heavy atom. The van der Waals surface area contributed by atoms with E-state index in [1.54, 1.807) is 24.3 Å². The van der Waals surface area contributed by atoms with Crippen molar-refractivity contribution in [1.82, 2.24) is 9.55 Å². The summed E-state index contributed by atoms with van der Waals surface area (Å²) in [5.41, 5.74) is 10.2. The van der Waals surface area contributed by atoms with Crippen LogP contribution in [0.25, 0.3) is 0 Å². The lowest BCUT2D eigenvalue weighted by Gasteiger charge is -2.07. The number of hydrogen-bond donors (Lipinski definition) is 3. The minimum atomic E-state index is -0.615. The van der Waals surface area contributed by atoms with E-state index in [0.717, 1.165) is 10.1 Å². The summed E-state index contributed by atoms with van der Waals surface area (Å²) in [6, 6.07) is 6.86. The minimum Gasteiger partial charge on any atom is -0.391 e. The monoisotopic (exact) mass is 266 g/mol. The number of H-pyrrole nitrogens is 1. The third-order valence-corrected chi connectivity index (χ3v) is 2.72. The van der Waals surface area contributed by atoms with Gasteiger partial charge in [0.05, 0.1) is 6.54 Å². The van der Waals surface area contributed by atoms with Crippen LogP contribution >= 0.6 is 11.6 Å². The SMILES string of the molecule is Nc1[nH]c(=O)n(Cc2cccc(Cl)c2)c(=O)c1N. The molecule has 0 aliphatic rings. The summed E-state index contributed by atoms with van der Waals surface area (Å²) in [6.45, 7) is 0.0825. The number of anilines is 2. The van der Waals surface area contributed by atoms with Crippen LogP contribution in [0.2, 0.25) is 5.02 Å². The quantitative estimate of drug-likeness (QED) is 0.731. The van der Waals surface area contributed by atoms with E-state index in [4.69, 9.17) is 23.1 Å². The predicted octanol–water partition coefficient (Wildman–Crippen LogP) is 0.403. The molecule has 1 aromatic heterocycles. The van der Waals surface area contributed by atoms with Gasteiger partial charge in [-0.3, -0.25) is 14.3 Å². The standard InChI is InChI=1S/C11H11ClN4O2/c12-7-3-1-2-6(4-7)5-16-10(17)8(13)9(14)15-11(16)18/h1-4H,5,13-14H2,(H,15,18). The van der Waals surface area contributed by atoms with Gasteiger partial charge in [0.2, 0.25) is 0 Å². The smallest absolute Gasteiger partial charge is 0.330 e. The lowest BCUT2D eigenvalue weighted by atomic mass is 10.2. The molecule has 0 atom stereocenters. The first-order valence-electron chi connectivity index (χ1n) is 5.11. The van der Waals surface area contributed by atoms with Crippen LogP contribution in [0.1, 0.15) is 5.56 Å². The molecule has 0 bridgehead atoms. The van der Waals surface area contributed by atoms with Crippen molar-refractivity contribution in [3.05, 3.63) is 55.7 Å². The molecule has 0 spiro atoms. The van der Waals surface area contributed by atoms with E-state index in [1.807, 2.05) is 0 Å². The fraction of sp³-hybridized carbons (Fsp3) is 0.0909. The molecule has 0 saturated carbocycles. The topological polar surface area (TPSA) is 107 Å². The van der Waals surface area contributed by atoms with Gasteiger partial charge in [0.1, 0.15) is 11.5 Å². The van der Waals surface area contributed by atoms with Gasteiger partial charge in [-0.1, -0.05) is 23.7 Å². The van der Waals surface area contributed by atoms with Gasteiger partial charge >= 0.3 is 5.69 Å². The Labute approximate surface area is 107 Å². The Bertz CT molecular complexity index is 705. The first-order chi connectivity index (χ1) is 8.49. The second-order valence-corrected chi connectivity index (χ2v) is 4.22. The molecule has 1 heterocycles. The number of nitrogen functional groups attached to an aromatic ring is 2. The maximum Gasteiger partial charge on any atom is 0.330 e. The van der Waals surface area contributed by atoms with Crippen molar-refractivity contribution in [1.29, 1.82) is 0 Å². The molecule has 94 valence electrons. The highest BCUT2D eigenvalue weighted by Crippen LogP contribution is 2.11. The van der Waals surface area contributed by atoms with Gasteiger partial charge in [0.15, 0.2) is 0 Å². The van der Waals surface area contributed by atoms with Crippen molar-refractivity contribution in [3.8, 4) is 0 Å². The number of nitrogens with one attached hydrogen (secondary N) is 1. The van der Waals surface area contributed by atoms with Crippen molar-refractivity contribution >= 4 is 23.1 Å². The molecule has 0 radical (unpaired) electrons. The molecule has 5 N–H and O–H groups in total. The van der Waals surface area contributed by atoms with E-state index in [1.165, 1.54) is 0 Å². The molecule has 7 heteroatoms. The molecular formula is C11H11ClN4O2. The van der Waals surface area contributed by atoms with E-state index in [-0.39, 0.29) is 18.1 Å². The highest BCUT2D eigenvalue weighted by Gasteiger charge is 2.09. The maximum atomic E-state index is 11.8. The van der Waals surface area contributed by atoms with E-state index in [9.17, 15) is 9.59 Å². The lowest BCUT2D eigenvalue weighted by Crippen LogP contribution is -2.37. The molecule has 0 saturated heterocycles. The number of hydrogen-bond acceptors (Lipinski definition) is 4. The summed E-state index contributed by atoms with van der Waals surface area (Å²) in [5.74, 6) is -0.118. The van der Waals surface area contributed by atoms with Gasteiger partial charge < -0.3 is 11.5 Å². The number of aromatic amines is 1. The average molecular weight is 267 g/mol. The van der Waals surface area contributed by atoms with Gasteiger partial charge in [-0.05, 0) is 17.7 Å². The lowest BCUT2D eigenvalue weighted by molar-refractivity contribution is 0.704. The summed E-state index contributed by atoms with van der Waals surface area (Å²) in [6.07, 6.45) is 0.